The lowest BCUT2D eigenvalue weighted by molar-refractivity contribution is -0.121. The zero-order valence-electron chi connectivity index (χ0n) is 8.59. The number of halogens is 1. The molecule has 0 spiro atoms. The molecule has 82 valence electrons. The Balaban J connectivity index is 2.15. The fraction of sp³-hybridized carbons (Fsp3) is 0.900. The predicted octanol–water partition coefficient (Wildman–Crippen LogP) is 2.41. The molecule has 0 aromatic rings. The molecule has 0 aromatic heterocycles. The fourth-order valence-electron chi connectivity index (χ4n) is 1.81. The van der Waals surface area contributed by atoms with Crippen LogP contribution in [0.2, 0.25) is 0 Å². The van der Waals surface area contributed by atoms with Crippen molar-refractivity contribution in [1.82, 2.24) is 5.32 Å². The summed E-state index contributed by atoms with van der Waals surface area (Å²) in [6.45, 7) is 0. The van der Waals surface area contributed by atoms with Gasteiger partial charge in [-0.15, -0.1) is 11.6 Å². The second-order valence-corrected chi connectivity index (χ2v) is 5.24. The van der Waals surface area contributed by atoms with Crippen LogP contribution in [0, 0.1) is 0 Å². The zero-order chi connectivity index (χ0) is 10.4. The van der Waals surface area contributed by atoms with Crippen LogP contribution in [0.25, 0.3) is 0 Å². The highest BCUT2D eigenvalue weighted by molar-refractivity contribution is 7.99. The van der Waals surface area contributed by atoms with Gasteiger partial charge in [0, 0.05) is 23.6 Å². The number of hydrogen-bond donors (Lipinski definition) is 1. The first-order valence-corrected chi connectivity index (χ1v) is 6.96. The maximum atomic E-state index is 11.4. The summed E-state index contributed by atoms with van der Waals surface area (Å²) in [4.78, 5) is 11.4. The summed E-state index contributed by atoms with van der Waals surface area (Å²) in [6, 6.07) is 0.412. The van der Waals surface area contributed by atoms with Crippen molar-refractivity contribution in [3.05, 3.63) is 0 Å². The zero-order valence-corrected chi connectivity index (χ0v) is 10.2. The van der Waals surface area contributed by atoms with Crippen molar-refractivity contribution in [2.24, 2.45) is 0 Å². The lowest BCUT2D eigenvalue weighted by Gasteiger charge is -2.12. The highest BCUT2D eigenvalue weighted by atomic mass is 35.5. The summed E-state index contributed by atoms with van der Waals surface area (Å²) in [6.07, 6.45) is 7.01. The van der Waals surface area contributed by atoms with Crippen LogP contribution in [0.3, 0.4) is 0 Å². The molecule has 1 saturated carbocycles. The van der Waals surface area contributed by atoms with Crippen molar-refractivity contribution in [3.8, 4) is 0 Å². The van der Waals surface area contributed by atoms with Gasteiger partial charge in [-0.1, -0.05) is 0 Å². The van der Waals surface area contributed by atoms with E-state index in [0.29, 0.717) is 18.3 Å². The summed E-state index contributed by atoms with van der Waals surface area (Å²) >= 11 is 7.43. The largest absolute Gasteiger partial charge is 0.353 e. The number of rotatable bonds is 5. The molecule has 2 unspecified atom stereocenters. The molecule has 0 radical (unpaired) electrons. The Bertz CT molecular complexity index is 189. The van der Waals surface area contributed by atoms with Crippen LogP contribution in [0.1, 0.15) is 32.1 Å². The molecule has 1 amide bonds. The summed E-state index contributed by atoms with van der Waals surface area (Å²) in [7, 11) is 0. The first-order chi connectivity index (χ1) is 6.76. The summed E-state index contributed by atoms with van der Waals surface area (Å²) < 4.78 is 0. The van der Waals surface area contributed by atoms with E-state index in [2.05, 4.69) is 11.6 Å². The van der Waals surface area contributed by atoms with Gasteiger partial charge in [0.1, 0.15) is 0 Å². The average Bonchev–Trinajstić information content (AvgIpc) is 2.62. The van der Waals surface area contributed by atoms with Crippen LogP contribution in [-0.2, 0) is 4.79 Å². The smallest absolute Gasteiger partial charge is 0.220 e. The molecular formula is C10H18ClNOS. The topological polar surface area (TPSA) is 29.1 Å². The van der Waals surface area contributed by atoms with E-state index in [-0.39, 0.29) is 5.91 Å². The van der Waals surface area contributed by atoms with Gasteiger partial charge in [0.25, 0.3) is 0 Å². The van der Waals surface area contributed by atoms with Crippen LogP contribution in [0.15, 0.2) is 0 Å². The molecule has 4 heteroatoms. The molecule has 2 atom stereocenters. The molecule has 1 rings (SSSR count). The summed E-state index contributed by atoms with van der Waals surface area (Å²) in [5.41, 5.74) is 0. The molecule has 1 aliphatic carbocycles. The van der Waals surface area contributed by atoms with E-state index in [1.54, 1.807) is 0 Å². The van der Waals surface area contributed by atoms with Crippen molar-refractivity contribution in [1.29, 1.82) is 0 Å². The molecule has 1 N–H and O–H groups in total. The van der Waals surface area contributed by atoms with Crippen LogP contribution >= 0.6 is 23.4 Å². The van der Waals surface area contributed by atoms with Crippen molar-refractivity contribution in [2.45, 2.75) is 43.4 Å². The molecule has 0 aliphatic heterocycles. The van der Waals surface area contributed by atoms with Gasteiger partial charge in [0.15, 0.2) is 0 Å². The summed E-state index contributed by atoms with van der Waals surface area (Å²) in [5.74, 6) is 0.739. The van der Waals surface area contributed by atoms with E-state index >= 15 is 0 Å². The minimum atomic E-state index is 0.164. The molecule has 0 saturated heterocycles. The maximum Gasteiger partial charge on any atom is 0.220 e. The van der Waals surface area contributed by atoms with E-state index < -0.39 is 0 Å². The maximum absolute atomic E-state index is 11.4. The number of thioether (sulfide) groups is 1. The van der Waals surface area contributed by atoms with Gasteiger partial charge < -0.3 is 5.32 Å². The molecule has 14 heavy (non-hydrogen) atoms. The van der Waals surface area contributed by atoms with Crippen LogP contribution < -0.4 is 5.32 Å². The Morgan fingerprint density at radius 3 is 2.93 bits per heavy atom. The molecule has 0 bridgehead atoms. The Morgan fingerprint density at radius 1 is 1.57 bits per heavy atom. The first-order valence-electron chi connectivity index (χ1n) is 5.14. The predicted molar refractivity (Wildman–Crippen MR) is 63.0 cm³/mol. The average molecular weight is 236 g/mol. The Morgan fingerprint density at radius 2 is 2.36 bits per heavy atom. The van der Waals surface area contributed by atoms with Crippen LogP contribution in [0.5, 0.6) is 0 Å². The number of carbonyl (C=O) groups is 1. The van der Waals surface area contributed by atoms with E-state index in [9.17, 15) is 4.79 Å². The summed E-state index contributed by atoms with van der Waals surface area (Å²) in [5, 5.41) is 3.81. The normalized spacial score (nSPS) is 26.4. The van der Waals surface area contributed by atoms with E-state index in [1.165, 1.54) is 6.42 Å². The van der Waals surface area contributed by atoms with E-state index in [1.807, 2.05) is 11.8 Å². The van der Waals surface area contributed by atoms with Gasteiger partial charge in [-0.3, -0.25) is 4.79 Å². The molecule has 0 aromatic carbocycles. The Labute approximate surface area is 95.2 Å². The van der Waals surface area contributed by atoms with Gasteiger partial charge in [-0.05, 0) is 31.9 Å². The number of nitrogens with one attached hydrogen (secondary N) is 1. The van der Waals surface area contributed by atoms with Crippen LogP contribution in [0.4, 0.5) is 0 Å². The first kappa shape index (κ1) is 12.2. The Kier molecular flexibility index (Phi) is 5.71. The van der Waals surface area contributed by atoms with E-state index in [0.717, 1.165) is 24.5 Å². The molecule has 1 fully saturated rings. The highest BCUT2D eigenvalue weighted by Gasteiger charge is 2.24. The van der Waals surface area contributed by atoms with E-state index in [4.69, 9.17) is 11.6 Å². The SMILES string of the molecule is CSC1CCC(NC(=O)CCCCl)C1. The number of alkyl halides is 1. The monoisotopic (exact) mass is 235 g/mol. The second-order valence-electron chi connectivity index (χ2n) is 3.73. The van der Waals surface area contributed by atoms with Crippen molar-refractivity contribution >= 4 is 29.3 Å². The van der Waals surface area contributed by atoms with Crippen LogP contribution in [-0.4, -0.2) is 29.3 Å². The highest BCUT2D eigenvalue weighted by Crippen LogP contribution is 2.28. The number of hydrogen-bond acceptors (Lipinski definition) is 2. The standard InChI is InChI=1S/C10H18ClNOS/c1-14-9-5-4-8(7-9)12-10(13)3-2-6-11/h8-9H,2-7H2,1H3,(H,12,13). The van der Waals surface area contributed by atoms with Crippen molar-refractivity contribution in [3.63, 3.8) is 0 Å². The molecule has 2 nitrogen and oxygen atoms in total. The molecule has 0 heterocycles. The lowest BCUT2D eigenvalue weighted by Crippen LogP contribution is -2.32. The van der Waals surface area contributed by atoms with Gasteiger partial charge in [-0.2, -0.15) is 11.8 Å². The lowest BCUT2D eigenvalue weighted by atomic mass is 10.2. The van der Waals surface area contributed by atoms with Crippen molar-refractivity contribution < 1.29 is 4.79 Å². The van der Waals surface area contributed by atoms with Gasteiger partial charge >= 0.3 is 0 Å². The third kappa shape index (κ3) is 4.09. The third-order valence-electron chi connectivity index (χ3n) is 2.62. The number of amides is 1. The van der Waals surface area contributed by atoms with Gasteiger partial charge in [0.05, 0.1) is 0 Å². The van der Waals surface area contributed by atoms with Gasteiger partial charge in [0.2, 0.25) is 5.91 Å². The Hall–Kier alpha value is 0.110. The minimum Gasteiger partial charge on any atom is -0.353 e. The molecular weight excluding hydrogens is 218 g/mol. The quantitative estimate of drug-likeness (QED) is 0.742. The minimum absolute atomic E-state index is 0.164. The van der Waals surface area contributed by atoms with Gasteiger partial charge in [-0.25, -0.2) is 0 Å². The number of carbonyl (C=O) groups excluding carboxylic acids is 1. The third-order valence-corrected chi connectivity index (χ3v) is 3.98. The second kappa shape index (κ2) is 6.57. The fourth-order valence-corrected chi connectivity index (χ4v) is 2.74. The molecule has 1 aliphatic rings. The van der Waals surface area contributed by atoms with Crippen molar-refractivity contribution in [2.75, 3.05) is 12.1 Å².